The lowest BCUT2D eigenvalue weighted by Crippen LogP contribution is -2.57. The summed E-state index contributed by atoms with van der Waals surface area (Å²) in [6, 6.07) is 14.4. The number of esters is 2. The third-order valence-corrected chi connectivity index (χ3v) is 13.2. The number of guanidine groups is 2. The molecule has 0 saturated carbocycles. The molecule has 0 bridgehead atoms. The molecule has 0 aliphatic rings. The van der Waals surface area contributed by atoms with Crippen molar-refractivity contribution in [2.75, 3.05) is 89.7 Å². The van der Waals surface area contributed by atoms with Crippen molar-refractivity contribution < 1.29 is 136 Å². The Balaban J connectivity index is 1.14. The van der Waals surface area contributed by atoms with Gasteiger partial charge in [0.15, 0.2) is 11.9 Å². The minimum absolute atomic E-state index is 0.0195. The van der Waals surface area contributed by atoms with E-state index < -0.39 is 160 Å². The number of hydrogen-bond donors (Lipinski definition) is 16. The van der Waals surface area contributed by atoms with Crippen LogP contribution in [0.5, 0.6) is 11.5 Å². The highest BCUT2D eigenvalue weighted by Gasteiger charge is 2.39. The Morgan fingerprint density at radius 3 is 0.980 bits per heavy atom. The van der Waals surface area contributed by atoms with Gasteiger partial charge in [-0.1, -0.05) is 24.3 Å². The second-order valence-corrected chi connectivity index (χ2v) is 21.0. The molecule has 4 rings (SSSR count). The van der Waals surface area contributed by atoms with E-state index in [1.165, 1.54) is 97.1 Å². The van der Waals surface area contributed by atoms with E-state index in [1.54, 1.807) is 0 Å². The summed E-state index contributed by atoms with van der Waals surface area (Å²) in [7, 11) is 0. The predicted octanol–water partition coefficient (Wildman–Crippen LogP) is -0.613. The van der Waals surface area contributed by atoms with Gasteiger partial charge in [-0.05, 0) is 83.9 Å². The summed E-state index contributed by atoms with van der Waals surface area (Å²) >= 11 is 0. The van der Waals surface area contributed by atoms with Crippen molar-refractivity contribution in [2.45, 2.75) is 63.1 Å². The molecule has 40 heteroatoms. The normalized spacial score (nSPS) is 11.8. The molecule has 102 heavy (non-hydrogen) atoms. The molecule has 0 aromatic heterocycles. The standard InChI is InChI=1S/C62H74N12O28/c63-59(64)69-39-9-5-37(6-10-39)57(91)101-41-13-1-35(2-14-41)33-99-61(93)73(31-51(83)84)45(29-49(79)80)55(89)71-43(27-47(75)76)53(87)67-17-19-95-21-23-97-25-26-98-24-22-96-20-18-68-54(88)44(28-48(77)78)72-56(90)46(30-50(81)82)74(32-52(85)86)62(94)100-34-36-3-15-42(16-4-36)102-58(92)38-7-11-40(12-8-38)70-60(65)66/h1-16,43-46H,17-34H2,(H,67,87)(H,68,88)(H,71,89)(H,72,90)(H,75,76)(H,77,78)(H,79,80)(H,81,82)(H,83,84)(H,85,86)(H4,63,64,69)(H4,65,66,70)/t43-,44-,45-,46?/m0/s1. The molecule has 0 saturated heterocycles. The maximum absolute atomic E-state index is 13.5. The number of carboxylic acids is 6. The van der Waals surface area contributed by atoms with Gasteiger partial charge in [-0.25, -0.2) is 19.2 Å². The second kappa shape index (κ2) is 43.0. The van der Waals surface area contributed by atoms with Crippen LogP contribution in [-0.2, 0) is 89.6 Å². The van der Waals surface area contributed by atoms with Gasteiger partial charge in [0.25, 0.3) is 0 Å². The molecule has 4 atom stereocenters. The van der Waals surface area contributed by atoms with Gasteiger partial charge in [-0.15, -0.1) is 0 Å². The first-order valence-electron chi connectivity index (χ1n) is 30.2. The molecule has 6 amide bonds. The molecule has 0 radical (unpaired) electrons. The van der Waals surface area contributed by atoms with E-state index in [2.05, 4.69) is 31.9 Å². The molecule has 4 aromatic rings. The number of carboxylic acid groups (broad SMARTS) is 6. The summed E-state index contributed by atoms with van der Waals surface area (Å²) < 4.78 is 42.7. The van der Waals surface area contributed by atoms with Crippen molar-refractivity contribution in [1.29, 1.82) is 10.8 Å². The lowest BCUT2D eigenvalue weighted by molar-refractivity contribution is -0.146. The number of rotatable bonds is 45. The first-order chi connectivity index (χ1) is 48.5. The Hall–Kier alpha value is -12.6. The van der Waals surface area contributed by atoms with Crippen LogP contribution in [0, 0.1) is 10.8 Å². The van der Waals surface area contributed by atoms with Crippen LogP contribution in [0.15, 0.2) is 97.1 Å². The van der Waals surface area contributed by atoms with Gasteiger partial charge in [0.1, 0.15) is 62.0 Å². The zero-order valence-corrected chi connectivity index (χ0v) is 54.0. The van der Waals surface area contributed by atoms with E-state index in [9.17, 15) is 97.8 Å². The molecule has 550 valence electrons. The summed E-state index contributed by atoms with van der Waals surface area (Å²) in [5, 5.41) is 86.0. The van der Waals surface area contributed by atoms with E-state index in [0.717, 1.165) is 0 Å². The predicted molar refractivity (Wildman–Crippen MR) is 346 cm³/mol. The highest BCUT2D eigenvalue weighted by atomic mass is 16.6. The monoisotopic (exact) mass is 1430 g/mol. The average Bonchev–Trinajstić information content (AvgIpc) is 0.847. The molecule has 0 aliphatic heterocycles. The summed E-state index contributed by atoms with van der Waals surface area (Å²) in [4.78, 5) is 177. The van der Waals surface area contributed by atoms with Crippen LogP contribution in [-0.4, -0.2) is 239 Å². The lowest BCUT2D eigenvalue weighted by atomic mass is 10.1. The maximum Gasteiger partial charge on any atom is 0.411 e. The zero-order chi connectivity index (χ0) is 75.3. The van der Waals surface area contributed by atoms with Crippen molar-refractivity contribution in [1.82, 2.24) is 31.1 Å². The second-order valence-electron chi connectivity index (χ2n) is 21.0. The fourth-order valence-electron chi connectivity index (χ4n) is 8.51. The van der Waals surface area contributed by atoms with Gasteiger partial charge in [-0.3, -0.25) is 68.6 Å². The third kappa shape index (κ3) is 31.3. The number of carbonyl (C=O) groups is 14. The zero-order valence-electron chi connectivity index (χ0n) is 54.0. The maximum atomic E-state index is 13.5. The molecular formula is C62H74N12O28. The van der Waals surface area contributed by atoms with E-state index in [1.807, 2.05) is 0 Å². The number of nitrogens with two attached hydrogens (primary N) is 2. The fraction of sp³-hybridized carbons (Fsp3) is 0.355. The topological polar surface area (TPSA) is 613 Å². The average molecular weight is 1440 g/mol. The van der Waals surface area contributed by atoms with E-state index >= 15 is 0 Å². The Morgan fingerprint density at radius 1 is 0.392 bits per heavy atom. The van der Waals surface area contributed by atoms with Crippen molar-refractivity contribution >= 4 is 107 Å². The Kier molecular flexibility index (Phi) is 34.5. The Morgan fingerprint density at radius 2 is 0.696 bits per heavy atom. The third-order valence-electron chi connectivity index (χ3n) is 13.2. The molecule has 0 spiro atoms. The quantitative estimate of drug-likeness (QED) is 0.00863. The minimum Gasteiger partial charge on any atom is -0.481 e. The SMILES string of the molecule is N=C(N)Nc1ccc(C(=O)Oc2ccc(COC(=O)N(CC(=O)O)C(CC(=O)O)C(=O)N[C@@H](CC(=O)O)C(=O)NCCOCCOCCOCCOCCNC(=O)[C@H](CC(=O)O)NC(=O)[C@H](CC(=O)O)N(CC(=O)O)C(=O)OCc3ccc(OC(=O)c4ccc(NC(=N)N)cc4)cc3)cc2)cc1. The first-order valence-corrected chi connectivity index (χ1v) is 30.2. The van der Waals surface area contributed by atoms with Crippen molar-refractivity contribution in [3.05, 3.63) is 119 Å². The van der Waals surface area contributed by atoms with Crippen LogP contribution in [0.2, 0.25) is 0 Å². The number of benzene rings is 4. The van der Waals surface area contributed by atoms with Gasteiger partial charge in [0, 0.05) is 24.5 Å². The number of nitrogens with one attached hydrogen (secondary N) is 8. The van der Waals surface area contributed by atoms with Gasteiger partial charge in [0.05, 0.1) is 89.7 Å². The van der Waals surface area contributed by atoms with Crippen LogP contribution < -0.4 is 52.8 Å². The molecule has 18 N–H and O–H groups in total. The van der Waals surface area contributed by atoms with Crippen molar-refractivity contribution in [3.8, 4) is 11.5 Å². The molecule has 0 fully saturated rings. The van der Waals surface area contributed by atoms with Crippen LogP contribution in [0.1, 0.15) is 57.5 Å². The van der Waals surface area contributed by atoms with Crippen LogP contribution >= 0.6 is 0 Å². The van der Waals surface area contributed by atoms with Gasteiger partial charge in [-0.2, -0.15) is 0 Å². The first kappa shape index (κ1) is 81.9. The number of hydrogen-bond acceptors (Lipinski definition) is 24. The Labute approximate surface area is 577 Å². The van der Waals surface area contributed by atoms with Gasteiger partial charge >= 0.3 is 59.9 Å². The molecular weight excluding hydrogens is 1360 g/mol. The molecule has 1 unspecified atom stereocenters. The number of carbonyl (C=O) groups excluding carboxylic acids is 8. The largest absolute Gasteiger partial charge is 0.481 e. The van der Waals surface area contributed by atoms with E-state index in [0.29, 0.717) is 11.4 Å². The van der Waals surface area contributed by atoms with Crippen molar-refractivity contribution in [3.63, 3.8) is 0 Å². The number of aliphatic carboxylic acids is 6. The molecule has 0 aliphatic carbocycles. The van der Waals surface area contributed by atoms with Gasteiger partial charge in [0.2, 0.25) is 23.6 Å². The highest BCUT2D eigenvalue weighted by Crippen LogP contribution is 2.21. The number of anilines is 2. The van der Waals surface area contributed by atoms with Crippen molar-refractivity contribution in [2.24, 2.45) is 11.5 Å². The number of ether oxygens (including phenoxy) is 8. The minimum atomic E-state index is -2.15. The Bertz CT molecular complexity index is 3370. The van der Waals surface area contributed by atoms with Crippen LogP contribution in [0.3, 0.4) is 0 Å². The summed E-state index contributed by atoms with van der Waals surface area (Å²) in [6.45, 7) is -4.39. The molecule has 0 heterocycles. The van der Waals surface area contributed by atoms with E-state index in [-0.39, 0.29) is 121 Å². The summed E-state index contributed by atoms with van der Waals surface area (Å²) in [5.41, 5.74) is 12.3. The number of amides is 6. The smallest absolute Gasteiger partial charge is 0.411 e. The van der Waals surface area contributed by atoms with E-state index in [4.69, 9.17) is 60.2 Å². The van der Waals surface area contributed by atoms with Gasteiger partial charge < -0.3 is 112 Å². The molecule has 40 nitrogen and oxygen atoms in total. The summed E-state index contributed by atoms with van der Waals surface area (Å²) in [5.74, 6) is -17.0. The lowest BCUT2D eigenvalue weighted by Gasteiger charge is -2.29. The molecule has 4 aromatic carbocycles. The number of nitrogens with zero attached hydrogens (tertiary/aromatic N) is 2. The van der Waals surface area contributed by atoms with Crippen LogP contribution in [0.4, 0.5) is 21.0 Å². The summed E-state index contributed by atoms with van der Waals surface area (Å²) in [6.07, 6.45) is -7.49. The van der Waals surface area contributed by atoms with Crippen LogP contribution in [0.25, 0.3) is 0 Å². The fourth-order valence-corrected chi connectivity index (χ4v) is 8.51. The highest BCUT2D eigenvalue weighted by molar-refractivity contribution is 5.98.